The van der Waals surface area contributed by atoms with Gasteiger partial charge in [-0.3, -0.25) is 0 Å². The van der Waals surface area contributed by atoms with E-state index >= 15 is 0 Å². The van der Waals surface area contributed by atoms with Crippen LogP contribution in [0.3, 0.4) is 0 Å². The van der Waals surface area contributed by atoms with Gasteiger partial charge in [-0.05, 0) is 30.0 Å². The summed E-state index contributed by atoms with van der Waals surface area (Å²) in [5, 5.41) is 9.49. The number of carboxylic acid groups (broad SMARTS) is 1. The van der Waals surface area contributed by atoms with Crippen molar-refractivity contribution in [2.24, 2.45) is 0 Å². The quantitative estimate of drug-likeness (QED) is 0.812. The zero-order valence-electron chi connectivity index (χ0n) is 11.0. The standard InChI is InChI=1S/C16H20O2S/c17-16(18)11-10-13-6-4-5-7-14(13)12-19-15-8-2-1-3-9-15/h4-7,10-11,15H,1-3,8-9,12H2,(H,17,18). The highest BCUT2D eigenvalue weighted by atomic mass is 32.2. The van der Waals surface area contributed by atoms with E-state index in [-0.39, 0.29) is 0 Å². The number of thioether (sulfide) groups is 1. The van der Waals surface area contributed by atoms with Gasteiger partial charge in [0.25, 0.3) is 0 Å². The van der Waals surface area contributed by atoms with Crippen LogP contribution in [0.2, 0.25) is 0 Å². The smallest absolute Gasteiger partial charge is 0.328 e. The first kappa shape index (κ1) is 14.2. The monoisotopic (exact) mass is 276 g/mol. The molecule has 0 aliphatic heterocycles. The Kier molecular flexibility index (Phi) is 5.52. The van der Waals surface area contributed by atoms with E-state index < -0.39 is 5.97 Å². The summed E-state index contributed by atoms with van der Waals surface area (Å²) in [5.41, 5.74) is 2.25. The van der Waals surface area contributed by atoms with E-state index in [1.54, 1.807) is 6.08 Å². The van der Waals surface area contributed by atoms with Crippen molar-refractivity contribution in [1.29, 1.82) is 0 Å². The van der Waals surface area contributed by atoms with Crippen molar-refractivity contribution in [1.82, 2.24) is 0 Å². The molecule has 102 valence electrons. The summed E-state index contributed by atoms with van der Waals surface area (Å²) in [6.45, 7) is 0. The Balaban J connectivity index is 1.96. The molecule has 0 atom stereocenters. The molecule has 0 heterocycles. The molecular weight excluding hydrogens is 256 g/mol. The van der Waals surface area contributed by atoms with Gasteiger partial charge in [0, 0.05) is 17.1 Å². The molecule has 1 saturated carbocycles. The van der Waals surface area contributed by atoms with Crippen LogP contribution in [0, 0.1) is 0 Å². The Bertz CT molecular complexity index is 448. The predicted molar refractivity (Wildman–Crippen MR) is 81.3 cm³/mol. The molecule has 1 aromatic carbocycles. The van der Waals surface area contributed by atoms with Crippen LogP contribution in [0.1, 0.15) is 43.2 Å². The Hall–Kier alpha value is -1.22. The third-order valence-electron chi connectivity index (χ3n) is 3.49. The molecule has 0 spiro atoms. The minimum atomic E-state index is -0.894. The van der Waals surface area contributed by atoms with E-state index in [0.29, 0.717) is 0 Å². The van der Waals surface area contributed by atoms with E-state index in [2.05, 4.69) is 6.07 Å². The lowest BCUT2D eigenvalue weighted by atomic mass is 10.0. The van der Waals surface area contributed by atoms with E-state index in [4.69, 9.17) is 5.11 Å². The van der Waals surface area contributed by atoms with E-state index in [1.807, 2.05) is 30.0 Å². The second-order valence-electron chi connectivity index (χ2n) is 4.94. The fourth-order valence-electron chi connectivity index (χ4n) is 2.43. The Morgan fingerprint density at radius 3 is 2.74 bits per heavy atom. The first-order valence-electron chi connectivity index (χ1n) is 6.86. The van der Waals surface area contributed by atoms with Gasteiger partial charge >= 0.3 is 5.97 Å². The van der Waals surface area contributed by atoms with Crippen LogP contribution in [0.15, 0.2) is 30.3 Å². The Morgan fingerprint density at radius 2 is 2.00 bits per heavy atom. The fraction of sp³-hybridized carbons (Fsp3) is 0.438. The molecule has 0 radical (unpaired) electrons. The van der Waals surface area contributed by atoms with Crippen molar-refractivity contribution in [3.8, 4) is 0 Å². The number of carboxylic acids is 1. The highest BCUT2D eigenvalue weighted by Crippen LogP contribution is 2.31. The van der Waals surface area contributed by atoms with E-state index in [0.717, 1.165) is 16.6 Å². The average molecular weight is 276 g/mol. The van der Waals surface area contributed by atoms with Crippen LogP contribution < -0.4 is 0 Å². The largest absolute Gasteiger partial charge is 0.478 e. The molecule has 0 saturated heterocycles. The Labute approximate surface area is 118 Å². The summed E-state index contributed by atoms with van der Waals surface area (Å²) in [7, 11) is 0. The van der Waals surface area contributed by atoms with Gasteiger partial charge in [-0.15, -0.1) is 0 Å². The molecule has 3 heteroatoms. The minimum Gasteiger partial charge on any atom is -0.478 e. The molecule has 1 N–H and O–H groups in total. The highest BCUT2D eigenvalue weighted by Gasteiger charge is 2.14. The van der Waals surface area contributed by atoms with Crippen LogP contribution in [-0.4, -0.2) is 16.3 Å². The highest BCUT2D eigenvalue weighted by molar-refractivity contribution is 7.99. The number of carbonyl (C=O) groups is 1. The molecule has 1 aliphatic carbocycles. The SMILES string of the molecule is O=C(O)C=Cc1ccccc1CSC1CCCCC1. The summed E-state index contributed by atoms with van der Waals surface area (Å²) in [5.74, 6) is 0.0832. The third kappa shape index (κ3) is 4.75. The van der Waals surface area contributed by atoms with Crippen molar-refractivity contribution in [3.63, 3.8) is 0 Å². The van der Waals surface area contributed by atoms with Crippen molar-refractivity contribution in [2.75, 3.05) is 0 Å². The summed E-state index contributed by atoms with van der Waals surface area (Å²) < 4.78 is 0. The molecule has 1 aromatic rings. The van der Waals surface area contributed by atoms with Gasteiger partial charge in [-0.25, -0.2) is 4.79 Å². The number of aliphatic carboxylic acids is 1. The summed E-state index contributed by atoms with van der Waals surface area (Å²) in [4.78, 5) is 10.6. The van der Waals surface area contributed by atoms with Gasteiger partial charge in [0.15, 0.2) is 0 Å². The van der Waals surface area contributed by atoms with Gasteiger partial charge < -0.3 is 5.11 Å². The van der Waals surface area contributed by atoms with Gasteiger partial charge in [-0.2, -0.15) is 11.8 Å². The maximum Gasteiger partial charge on any atom is 0.328 e. The Morgan fingerprint density at radius 1 is 1.26 bits per heavy atom. The van der Waals surface area contributed by atoms with Crippen LogP contribution in [0.4, 0.5) is 0 Å². The first-order valence-corrected chi connectivity index (χ1v) is 7.91. The first-order chi connectivity index (χ1) is 9.25. The summed E-state index contributed by atoms with van der Waals surface area (Å²) in [6.07, 6.45) is 9.67. The van der Waals surface area contributed by atoms with Crippen molar-refractivity contribution < 1.29 is 9.90 Å². The van der Waals surface area contributed by atoms with Gasteiger partial charge in [-0.1, -0.05) is 43.5 Å². The fourth-order valence-corrected chi connectivity index (χ4v) is 3.77. The zero-order valence-corrected chi connectivity index (χ0v) is 11.9. The van der Waals surface area contributed by atoms with Crippen LogP contribution in [0.25, 0.3) is 6.08 Å². The molecule has 19 heavy (non-hydrogen) atoms. The van der Waals surface area contributed by atoms with E-state index in [9.17, 15) is 4.79 Å². The van der Waals surface area contributed by atoms with E-state index in [1.165, 1.54) is 43.7 Å². The predicted octanol–water partition coefficient (Wildman–Crippen LogP) is 4.35. The lowest BCUT2D eigenvalue weighted by Crippen LogP contribution is -2.08. The molecule has 1 aliphatic rings. The molecule has 0 unspecified atom stereocenters. The topological polar surface area (TPSA) is 37.3 Å². The number of benzene rings is 1. The number of rotatable bonds is 5. The number of hydrogen-bond acceptors (Lipinski definition) is 2. The number of hydrogen-bond donors (Lipinski definition) is 1. The minimum absolute atomic E-state index is 0.783. The molecule has 0 aromatic heterocycles. The molecular formula is C16H20O2S. The van der Waals surface area contributed by atoms with Crippen LogP contribution in [-0.2, 0) is 10.5 Å². The average Bonchev–Trinajstić information content (AvgIpc) is 2.45. The third-order valence-corrected chi connectivity index (χ3v) is 4.91. The van der Waals surface area contributed by atoms with Gasteiger partial charge in [0.2, 0.25) is 0 Å². The molecule has 2 rings (SSSR count). The maximum absolute atomic E-state index is 10.6. The van der Waals surface area contributed by atoms with Crippen molar-refractivity contribution >= 4 is 23.8 Å². The van der Waals surface area contributed by atoms with Gasteiger partial charge in [0.05, 0.1) is 0 Å². The zero-order chi connectivity index (χ0) is 13.5. The maximum atomic E-state index is 10.6. The molecule has 0 amide bonds. The normalized spacial score (nSPS) is 16.8. The lowest BCUT2D eigenvalue weighted by molar-refractivity contribution is -0.131. The van der Waals surface area contributed by atoms with Crippen LogP contribution in [0.5, 0.6) is 0 Å². The van der Waals surface area contributed by atoms with Gasteiger partial charge in [0.1, 0.15) is 0 Å². The lowest BCUT2D eigenvalue weighted by Gasteiger charge is -2.21. The van der Waals surface area contributed by atoms with Crippen molar-refractivity contribution in [3.05, 3.63) is 41.5 Å². The molecule has 1 fully saturated rings. The van der Waals surface area contributed by atoms with Crippen LogP contribution >= 0.6 is 11.8 Å². The molecule has 0 bridgehead atoms. The molecule has 2 nitrogen and oxygen atoms in total. The second-order valence-corrected chi connectivity index (χ2v) is 6.23. The summed E-state index contributed by atoms with van der Waals surface area (Å²) >= 11 is 2.02. The van der Waals surface area contributed by atoms with Crippen molar-refractivity contribution in [2.45, 2.75) is 43.1 Å². The second kappa shape index (κ2) is 7.39. The summed E-state index contributed by atoms with van der Waals surface area (Å²) in [6, 6.07) is 8.05.